The van der Waals surface area contributed by atoms with Gasteiger partial charge in [0.15, 0.2) is 0 Å². The van der Waals surface area contributed by atoms with Crippen molar-refractivity contribution < 1.29 is 4.79 Å². The smallest absolute Gasteiger partial charge is 0.317 e. The van der Waals surface area contributed by atoms with Crippen LogP contribution >= 0.6 is 0 Å². The number of hydrogen-bond donors (Lipinski definition) is 2. The van der Waals surface area contributed by atoms with Gasteiger partial charge in [0.25, 0.3) is 0 Å². The maximum atomic E-state index is 12.4. The lowest BCUT2D eigenvalue weighted by molar-refractivity contribution is 0.181. The number of carbonyl (C=O) groups is 1. The Morgan fingerprint density at radius 3 is 2.85 bits per heavy atom. The number of nitrogens with one attached hydrogen (secondary N) is 2. The van der Waals surface area contributed by atoms with Crippen LogP contribution in [-0.2, 0) is 6.54 Å². The molecular formula is C16H23N3O. The number of likely N-dealkylation sites (tertiary alicyclic amines) is 1. The molecule has 2 N–H and O–H groups in total. The van der Waals surface area contributed by atoms with Crippen molar-refractivity contribution in [3.63, 3.8) is 0 Å². The summed E-state index contributed by atoms with van der Waals surface area (Å²) < 4.78 is 0. The molecule has 1 aromatic rings. The predicted molar refractivity (Wildman–Crippen MR) is 79.4 cm³/mol. The van der Waals surface area contributed by atoms with Crippen molar-refractivity contribution in [2.45, 2.75) is 44.3 Å². The Bertz CT molecular complexity index is 442. The van der Waals surface area contributed by atoms with Crippen LogP contribution in [0.2, 0.25) is 0 Å². The molecule has 1 aromatic carbocycles. The summed E-state index contributed by atoms with van der Waals surface area (Å²) in [6.45, 7) is 2.60. The molecule has 0 bridgehead atoms. The molecular weight excluding hydrogens is 250 g/mol. The van der Waals surface area contributed by atoms with Crippen molar-refractivity contribution >= 4 is 6.03 Å². The number of amides is 2. The minimum Gasteiger partial charge on any atom is -0.334 e. The average molecular weight is 273 g/mol. The summed E-state index contributed by atoms with van der Waals surface area (Å²) in [6.07, 6.45) is 4.70. The quantitative estimate of drug-likeness (QED) is 0.886. The van der Waals surface area contributed by atoms with Crippen LogP contribution in [0.15, 0.2) is 30.3 Å². The van der Waals surface area contributed by atoms with Gasteiger partial charge in [0.05, 0.1) is 0 Å². The Labute approximate surface area is 120 Å². The van der Waals surface area contributed by atoms with Gasteiger partial charge in [0.1, 0.15) is 0 Å². The lowest BCUT2D eigenvalue weighted by atomic mass is 10.0. The Kier molecular flexibility index (Phi) is 4.21. The van der Waals surface area contributed by atoms with Crippen molar-refractivity contribution in [1.29, 1.82) is 0 Å². The molecule has 2 unspecified atom stereocenters. The number of urea groups is 1. The summed E-state index contributed by atoms with van der Waals surface area (Å²) in [5.74, 6) is 0. The second kappa shape index (κ2) is 6.27. The Morgan fingerprint density at radius 1 is 1.25 bits per heavy atom. The number of benzene rings is 1. The van der Waals surface area contributed by atoms with E-state index in [0.717, 1.165) is 31.5 Å². The lowest BCUT2D eigenvalue weighted by Crippen LogP contribution is -2.49. The van der Waals surface area contributed by atoms with Crippen LogP contribution in [0, 0.1) is 0 Å². The molecule has 0 saturated carbocycles. The topological polar surface area (TPSA) is 44.4 Å². The van der Waals surface area contributed by atoms with Gasteiger partial charge < -0.3 is 15.5 Å². The number of nitrogens with zero attached hydrogens (tertiary/aromatic N) is 1. The first-order valence-electron chi connectivity index (χ1n) is 7.66. The fourth-order valence-corrected chi connectivity index (χ4v) is 3.38. The van der Waals surface area contributed by atoms with Crippen LogP contribution in [0.3, 0.4) is 0 Å². The SMILES string of the molecule is O=C(NCc1ccccc1)N1CCCC1C1CCCN1. The first kappa shape index (κ1) is 13.4. The third-order valence-corrected chi connectivity index (χ3v) is 4.41. The highest BCUT2D eigenvalue weighted by Gasteiger charge is 2.35. The van der Waals surface area contributed by atoms with Crippen molar-refractivity contribution in [3.05, 3.63) is 35.9 Å². The predicted octanol–water partition coefficient (Wildman–Crippen LogP) is 2.11. The van der Waals surface area contributed by atoms with Gasteiger partial charge in [-0.15, -0.1) is 0 Å². The second-order valence-electron chi connectivity index (χ2n) is 5.75. The van der Waals surface area contributed by atoms with E-state index in [2.05, 4.69) is 10.6 Å². The highest BCUT2D eigenvalue weighted by Crippen LogP contribution is 2.24. The van der Waals surface area contributed by atoms with Gasteiger partial charge in [-0.25, -0.2) is 4.79 Å². The summed E-state index contributed by atoms with van der Waals surface area (Å²) in [7, 11) is 0. The van der Waals surface area contributed by atoms with E-state index in [9.17, 15) is 4.79 Å². The molecule has 0 spiro atoms. The zero-order valence-corrected chi connectivity index (χ0v) is 11.8. The molecule has 2 fully saturated rings. The molecule has 2 aliphatic heterocycles. The van der Waals surface area contributed by atoms with Crippen molar-refractivity contribution in [2.24, 2.45) is 0 Å². The number of carbonyl (C=O) groups excluding carboxylic acids is 1. The molecule has 108 valence electrons. The van der Waals surface area contributed by atoms with Crippen LogP contribution < -0.4 is 10.6 Å². The van der Waals surface area contributed by atoms with E-state index in [1.807, 2.05) is 35.2 Å². The lowest BCUT2D eigenvalue weighted by Gasteiger charge is -2.29. The molecule has 2 atom stereocenters. The monoisotopic (exact) mass is 273 g/mol. The molecule has 4 heteroatoms. The summed E-state index contributed by atoms with van der Waals surface area (Å²) in [6, 6.07) is 11.1. The molecule has 0 radical (unpaired) electrons. The molecule has 0 aromatic heterocycles. The third kappa shape index (κ3) is 2.96. The largest absolute Gasteiger partial charge is 0.334 e. The van der Waals surface area contributed by atoms with Crippen molar-refractivity contribution in [3.8, 4) is 0 Å². The van der Waals surface area contributed by atoms with E-state index in [0.29, 0.717) is 18.6 Å². The summed E-state index contributed by atoms with van der Waals surface area (Å²) in [5.41, 5.74) is 1.15. The van der Waals surface area contributed by atoms with E-state index in [1.165, 1.54) is 12.8 Å². The zero-order valence-electron chi connectivity index (χ0n) is 11.8. The standard InChI is InChI=1S/C16H23N3O/c20-16(18-12-13-6-2-1-3-7-13)19-11-5-9-15(19)14-8-4-10-17-14/h1-3,6-7,14-15,17H,4-5,8-12H2,(H,18,20). The second-order valence-corrected chi connectivity index (χ2v) is 5.75. The number of hydrogen-bond acceptors (Lipinski definition) is 2. The summed E-state index contributed by atoms with van der Waals surface area (Å²) >= 11 is 0. The summed E-state index contributed by atoms with van der Waals surface area (Å²) in [5, 5.41) is 6.59. The third-order valence-electron chi connectivity index (χ3n) is 4.41. The molecule has 2 saturated heterocycles. The Balaban J connectivity index is 1.55. The molecule has 20 heavy (non-hydrogen) atoms. The van der Waals surface area contributed by atoms with Crippen LogP contribution in [-0.4, -0.2) is 36.1 Å². The zero-order chi connectivity index (χ0) is 13.8. The highest BCUT2D eigenvalue weighted by molar-refractivity contribution is 5.75. The first-order valence-corrected chi connectivity index (χ1v) is 7.66. The van der Waals surface area contributed by atoms with Gasteiger partial charge >= 0.3 is 6.03 Å². The van der Waals surface area contributed by atoms with Gasteiger partial charge in [-0.05, 0) is 37.8 Å². The Hall–Kier alpha value is -1.55. The van der Waals surface area contributed by atoms with Crippen LogP contribution in [0.5, 0.6) is 0 Å². The molecule has 0 aliphatic carbocycles. The average Bonchev–Trinajstić information content (AvgIpc) is 3.15. The number of rotatable bonds is 3. The molecule has 2 amide bonds. The van der Waals surface area contributed by atoms with E-state index in [1.54, 1.807) is 0 Å². The molecule has 3 rings (SSSR count). The minimum atomic E-state index is 0.0880. The van der Waals surface area contributed by atoms with Gasteiger partial charge in [-0.1, -0.05) is 30.3 Å². The van der Waals surface area contributed by atoms with Crippen LogP contribution in [0.1, 0.15) is 31.2 Å². The van der Waals surface area contributed by atoms with E-state index < -0.39 is 0 Å². The summed E-state index contributed by atoms with van der Waals surface area (Å²) in [4.78, 5) is 14.4. The van der Waals surface area contributed by atoms with Gasteiger partial charge in [-0.3, -0.25) is 0 Å². The van der Waals surface area contributed by atoms with Gasteiger partial charge in [0.2, 0.25) is 0 Å². The molecule has 2 heterocycles. The Morgan fingerprint density at radius 2 is 2.10 bits per heavy atom. The van der Waals surface area contributed by atoms with Gasteiger partial charge in [0, 0.05) is 25.2 Å². The molecule has 4 nitrogen and oxygen atoms in total. The van der Waals surface area contributed by atoms with Gasteiger partial charge in [-0.2, -0.15) is 0 Å². The fraction of sp³-hybridized carbons (Fsp3) is 0.562. The maximum Gasteiger partial charge on any atom is 0.317 e. The van der Waals surface area contributed by atoms with Crippen LogP contribution in [0.25, 0.3) is 0 Å². The van der Waals surface area contributed by atoms with Crippen molar-refractivity contribution in [2.75, 3.05) is 13.1 Å². The van der Waals surface area contributed by atoms with Crippen LogP contribution in [0.4, 0.5) is 4.79 Å². The van der Waals surface area contributed by atoms with E-state index in [4.69, 9.17) is 0 Å². The van der Waals surface area contributed by atoms with E-state index >= 15 is 0 Å². The first-order chi connectivity index (χ1) is 9.84. The minimum absolute atomic E-state index is 0.0880. The molecule has 2 aliphatic rings. The maximum absolute atomic E-state index is 12.4. The van der Waals surface area contributed by atoms with Crippen molar-refractivity contribution in [1.82, 2.24) is 15.5 Å². The van der Waals surface area contributed by atoms with E-state index in [-0.39, 0.29) is 6.03 Å². The highest BCUT2D eigenvalue weighted by atomic mass is 16.2. The fourth-order valence-electron chi connectivity index (χ4n) is 3.38. The normalized spacial score (nSPS) is 25.9.